The lowest BCUT2D eigenvalue weighted by Crippen LogP contribution is -2.29. The molecule has 0 spiro atoms. The topological polar surface area (TPSA) is 47.0 Å². The molecule has 0 amide bonds. The Labute approximate surface area is 109 Å². The van der Waals surface area contributed by atoms with E-state index in [0.717, 1.165) is 43.1 Å². The second-order valence-electron chi connectivity index (χ2n) is 5.98. The van der Waals surface area contributed by atoms with E-state index >= 15 is 0 Å². The highest BCUT2D eigenvalue weighted by Crippen LogP contribution is 2.27. The summed E-state index contributed by atoms with van der Waals surface area (Å²) in [5.74, 6) is 0.974. The van der Waals surface area contributed by atoms with Crippen LogP contribution in [0.15, 0.2) is 6.33 Å². The predicted molar refractivity (Wildman–Crippen MR) is 72.9 cm³/mol. The van der Waals surface area contributed by atoms with E-state index in [4.69, 9.17) is 4.74 Å². The van der Waals surface area contributed by atoms with Gasteiger partial charge in [-0.15, -0.1) is 0 Å². The molecule has 1 saturated heterocycles. The van der Waals surface area contributed by atoms with Gasteiger partial charge < -0.3 is 10.1 Å². The molecule has 0 unspecified atom stereocenters. The molecule has 0 saturated carbocycles. The van der Waals surface area contributed by atoms with Crippen molar-refractivity contribution in [3.63, 3.8) is 0 Å². The van der Waals surface area contributed by atoms with Crippen LogP contribution < -0.4 is 5.32 Å². The van der Waals surface area contributed by atoms with Crippen LogP contribution in [0.25, 0.3) is 0 Å². The van der Waals surface area contributed by atoms with E-state index in [2.05, 4.69) is 43.0 Å². The lowest BCUT2D eigenvalue weighted by atomic mass is 9.89. The van der Waals surface area contributed by atoms with E-state index in [9.17, 15) is 0 Å². The molecule has 1 N–H and O–H groups in total. The summed E-state index contributed by atoms with van der Waals surface area (Å²) in [6, 6.07) is 0.472. The maximum Gasteiger partial charge on any atom is 0.132 e. The van der Waals surface area contributed by atoms with Crippen LogP contribution in [0.1, 0.15) is 44.9 Å². The molecule has 1 aromatic heterocycles. The van der Waals surface area contributed by atoms with E-state index in [1.54, 1.807) is 6.33 Å². The fourth-order valence-electron chi connectivity index (χ4n) is 2.39. The van der Waals surface area contributed by atoms with Crippen molar-refractivity contribution in [3.8, 4) is 0 Å². The Balaban J connectivity index is 2.18. The Kier molecular flexibility index (Phi) is 3.85. The molecule has 0 bridgehead atoms. The van der Waals surface area contributed by atoms with Gasteiger partial charge in [0.05, 0.1) is 5.69 Å². The zero-order chi connectivity index (χ0) is 13.2. The van der Waals surface area contributed by atoms with Crippen molar-refractivity contribution in [2.24, 2.45) is 0 Å². The van der Waals surface area contributed by atoms with Gasteiger partial charge in [-0.3, -0.25) is 0 Å². The quantitative estimate of drug-likeness (QED) is 0.875. The monoisotopic (exact) mass is 249 g/mol. The molecule has 0 aliphatic carbocycles. The molecule has 1 aliphatic rings. The Bertz CT molecular complexity index is 406. The normalized spacial score (nSPS) is 17.8. The van der Waals surface area contributed by atoms with Crippen LogP contribution in [-0.4, -0.2) is 29.2 Å². The first-order valence-electron chi connectivity index (χ1n) is 6.65. The number of ether oxygens (including phenoxy) is 1. The summed E-state index contributed by atoms with van der Waals surface area (Å²) in [4.78, 5) is 8.81. The SMILES string of the molecule is Cc1c(NC2CCOCC2)ncnc1C(C)(C)C. The number of anilines is 1. The fraction of sp³-hybridized carbons (Fsp3) is 0.714. The van der Waals surface area contributed by atoms with Crippen molar-refractivity contribution in [2.45, 2.75) is 52.0 Å². The Morgan fingerprint density at radius 2 is 1.89 bits per heavy atom. The third-order valence-corrected chi connectivity index (χ3v) is 3.36. The molecular formula is C14H23N3O. The molecule has 1 fully saturated rings. The minimum atomic E-state index is 0.0547. The van der Waals surface area contributed by atoms with Crippen LogP contribution in [0, 0.1) is 6.92 Å². The number of rotatable bonds is 2. The minimum absolute atomic E-state index is 0.0547. The molecule has 100 valence electrons. The fourth-order valence-corrected chi connectivity index (χ4v) is 2.39. The van der Waals surface area contributed by atoms with Crippen LogP contribution in [-0.2, 0) is 10.2 Å². The summed E-state index contributed by atoms with van der Waals surface area (Å²) in [6.45, 7) is 10.3. The van der Waals surface area contributed by atoms with Crippen molar-refractivity contribution in [2.75, 3.05) is 18.5 Å². The summed E-state index contributed by atoms with van der Waals surface area (Å²) in [5, 5.41) is 3.53. The van der Waals surface area contributed by atoms with Gasteiger partial charge in [-0.05, 0) is 19.8 Å². The van der Waals surface area contributed by atoms with Gasteiger partial charge in [-0.1, -0.05) is 20.8 Å². The van der Waals surface area contributed by atoms with Gasteiger partial charge in [0, 0.05) is 30.2 Å². The van der Waals surface area contributed by atoms with Crippen LogP contribution >= 0.6 is 0 Å². The molecule has 1 aromatic rings. The lowest BCUT2D eigenvalue weighted by Gasteiger charge is -2.26. The number of nitrogens with one attached hydrogen (secondary N) is 1. The second kappa shape index (κ2) is 5.22. The molecule has 0 radical (unpaired) electrons. The Hall–Kier alpha value is -1.16. The Morgan fingerprint density at radius 3 is 2.50 bits per heavy atom. The predicted octanol–water partition coefficient (Wildman–Crippen LogP) is 2.67. The highest BCUT2D eigenvalue weighted by Gasteiger charge is 2.21. The average molecular weight is 249 g/mol. The Morgan fingerprint density at radius 1 is 1.22 bits per heavy atom. The van der Waals surface area contributed by atoms with E-state index < -0.39 is 0 Å². The van der Waals surface area contributed by atoms with Gasteiger partial charge in [-0.25, -0.2) is 9.97 Å². The maximum atomic E-state index is 5.37. The second-order valence-corrected chi connectivity index (χ2v) is 5.98. The van der Waals surface area contributed by atoms with Crippen molar-refractivity contribution < 1.29 is 4.74 Å². The van der Waals surface area contributed by atoms with E-state index in [-0.39, 0.29) is 5.41 Å². The highest BCUT2D eigenvalue weighted by atomic mass is 16.5. The summed E-state index contributed by atoms with van der Waals surface area (Å²) >= 11 is 0. The third kappa shape index (κ3) is 2.99. The lowest BCUT2D eigenvalue weighted by molar-refractivity contribution is 0.0903. The number of hydrogen-bond acceptors (Lipinski definition) is 4. The summed E-state index contributed by atoms with van der Waals surface area (Å²) in [7, 11) is 0. The van der Waals surface area contributed by atoms with E-state index in [0.29, 0.717) is 6.04 Å². The van der Waals surface area contributed by atoms with Crippen molar-refractivity contribution in [1.29, 1.82) is 0 Å². The largest absolute Gasteiger partial charge is 0.381 e. The molecule has 2 heterocycles. The third-order valence-electron chi connectivity index (χ3n) is 3.36. The van der Waals surface area contributed by atoms with Crippen LogP contribution in [0.2, 0.25) is 0 Å². The average Bonchev–Trinajstić information content (AvgIpc) is 2.32. The van der Waals surface area contributed by atoms with Gasteiger partial charge in [0.15, 0.2) is 0 Å². The molecule has 2 rings (SSSR count). The first kappa shape index (κ1) is 13.3. The zero-order valence-corrected chi connectivity index (χ0v) is 11.8. The van der Waals surface area contributed by atoms with Gasteiger partial charge in [-0.2, -0.15) is 0 Å². The van der Waals surface area contributed by atoms with Gasteiger partial charge >= 0.3 is 0 Å². The molecule has 4 nitrogen and oxygen atoms in total. The van der Waals surface area contributed by atoms with E-state index in [1.807, 2.05) is 0 Å². The van der Waals surface area contributed by atoms with Crippen LogP contribution in [0.3, 0.4) is 0 Å². The molecule has 0 aromatic carbocycles. The molecular weight excluding hydrogens is 226 g/mol. The van der Waals surface area contributed by atoms with Crippen molar-refractivity contribution >= 4 is 5.82 Å². The molecule has 18 heavy (non-hydrogen) atoms. The molecule has 4 heteroatoms. The van der Waals surface area contributed by atoms with Crippen LogP contribution in [0.5, 0.6) is 0 Å². The van der Waals surface area contributed by atoms with Gasteiger partial charge in [0.2, 0.25) is 0 Å². The number of hydrogen-bond donors (Lipinski definition) is 1. The van der Waals surface area contributed by atoms with Crippen molar-refractivity contribution in [3.05, 3.63) is 17.6 Å². The first-order chi connectivity index (χ1) is 8.48. The molecule has 1 aliphatic heterocycles. The van der Waals surface area contributed by atoms with Crippen molar-refractivity contribution in [1.82, 2.24) is 9.97 Å². The standard InChI is InChI=1S/C14H23N3O/c1-10-12(14(2,3)4)15-9-16-13(10)17-11-5-7-18-8-6-11/h9,11H,5-8H2,1-4H3,(H,15,16,17). The number of nitrogens with zero attached hydrogens (tertiary/aromatic N) is 2. The zero-order valence-electron chi connectivity index (χ0n) is 11.8. The van der Waals surface area contributed by atoms with E-state index in [1.165, 1.54) is 0 Å². The molecule has 0 atom stereocenters. The maximum absolute atomic E-state index is 5.37. The number of aromatic nitrogens is 2. The highest BCUT2D eigenvalue weighted by molar-refractivity contribution is 5.47. The summed E-state index contributed by atoms with van der Waals surface area (Å²) < 4.78 is 5.37. The van der Waals surface area contributed by atoms with Gasteiger partial charge in [0.25, 0.3) is 0 Å². The first-order valence-corrected chi connectivity index (χ1v) is 6.65. The van der Waals surface area contributed by atoms with Gasteiger partial charge in [0.1, 0.15) is 12.1 Å². The smallest absolute Gasteiger partial charge is 0.132 e. The summed E-state index contributed by atoms with van der Waals surface area (Å²) in [6.07, 6.45) is 3.76. The minimum Gasteiger partial charge on any atom is -0.381 e. The van der Waals surface area contributed by atoms with Crippen LogP contribution in [0.4, 0.5) is 5.82 Å². The summed E-state index contributed by atoms with van der Waals surface area (Å²) in [5.41, 5.74) is 2.34.